The van der Waals surface area contributed by atoms with Gasteiger partial charge < -0.3 is 16.0 Å². The molecule has 1 heterocycles. The molecule has 0 aliphatic rings. The molecular formula is C19H27IN4OS. The molecule has 26 heavy (non-hydrogen) atoms. The molecule has 1 amide bonds. The fourth-order valence-electron chi connectivity index (χ4n) is 2.28. The number of aryl methyl sites for hydroxylation is 1. The number of halogens is 1. The molecule has 0 bridgehead atoms. The third-order valence-corrected chi connectivity index (χ3v) is 4.93. The number of amides is 1. The molecule has 5 nitrogen and oxygen atoms in total. The second-order valence-electron chi connectivity index (χ2n) is 5.59. The van der Waals surface area contributed by atoms with Crippen LogP contribution in [0.3, 0.4) is 0 Å². The van der Waals surface area contributed by atoms with Gasteiger partial charge in [-0.05, 0) is 24.1 Å². The van der Waals surface area contributed by atoms with E-state index in [1.165, 1.54) is 9.75 Å². The van der Waals surface area contributed by atoms with Crippen LogP contribution in [0.15, 0.2) is 47.5 Å². The predicted octanol–water partition coefficient (Wildman–Crippen LogP) is 3.30. The monoisotopic (exact) mass is 486 g/mol. The van der Waals surface area contributed by atoms with Gasteiger partial charge in [0.1, 0.15) is 0 Å². The van der Waals surface area contributed by atoms with Gasteiger partial charge in [0.2, 0.25) is 5.91 Å². The average molecular weight is 486 g/mol. The molecular weight excluding hydrogens is 459 g/mol. The molecule has 142 valence electrons. The maximum atomic E-state index is 11.9. The second-order valence-corrected chi connectivity index (χ2v) is 6.84. The molecule has 0 unspecified atom stereocenters. The summed E-state index contributed by atoms with van der Waals surface area (Å²) in [5.74, 6) is 0.736. The molecule has 7 heteroatoms. The van der Waals surface area contributed by atoms with Gasteiger partial charge in [-0.1, -0.05) is 37.3 Å². The van der Waals surface area contributed by atoms with Crippen molar-refractivity contribution in [3.05, 3.63) is 57.8 Å². The van der Waals surface area contributed by atoms with Crippen LogP contribution in [0.25, 0.3) is 0 Å². The highest BCUT2D eigenvalue weighted by Crippen LogP contribution is 2.16. The zero-order valence-corrected chi connectivity index (χ0v) is 18.4. The molecule has 0 saturated carbocycles. The average Bonchev–Trinajstić information content (AvgIpc) is 3.11. The number of hydrogen-bond donors (Lipinski definition) is 3. The van der Waals surface area contributed by atoms with Crippen molar-refractivity contribution in [3.63, 3.8) is 0 Å². The number of benzene rings is 1. The molecule has 2 aromatic rings. The highest BCUT2D eigenvalue weighted by molar-refractivity contribution is 14.0. The first-order valence-corrected chi connectivity index (χ1v) is 9.35. The van der Waals surface area contributed by atoms with Crippen molar-refractivity contribution >= 4 is 47.2 Å². The highest BCUT2D eigenvalue weighted by atomic mass is 127. The molecule has 1 aromatic heterocycles. The van der Waals surface area contributed by atoms with E-state index in [1.54, 1.807) is 7.05 Å². The first kappa shape index (κ1) is 22.4. The number of thiophene rings is 1. The van der Waals surface area contributed by atoms with E-state index in [0.717, 1.165) is 18.5 Å². The number of aliphatic imine (C=N–C) groups is 1. The lowest BCUT2D eigenvalue weighted by Crippen LogP contribution is -2.38. The Balaban J connectivity index is 0.00000338. The maximum Gasteiger partial charge on any atom is 0.222 e. The normalized spacial score (nSPS) is 10.8. The summed E-state index contributed by atoms with van der Waals surface area (Å²) in [5, 5.41) is 9.36. The van der Waals surface area contributed by atoms with Crippen LogP contribution < -0.4 is 16.0 Å². The first-order chi connectivity index (χ1) is 12.2. The standard InChI is InChI=1S/C19H26N4OS.HI/c1-3-16-9-10-17(25-16)14-23-19(20-2)21-12-11-18(24)22-13-15-7-5-4-6-8-15;/h4-10H,3,11-14H2,1-2H3,(H,22,24)(H2,20,21,23);1H. The molecule has 1 aromatic carbocycles. The molecule has 0 spiro atoms. The summed E-state index contributed by atoms with van der Waals surface area (Å²) in [5.41, 5.74) is 1.10. The van der Waals surface area contributed by atoms with Gasteiger partial charge in [0.15, 0.2) is 5.96 Å². The lowest BCUT2D eigenvalue weighted by Gasteiger charge is -2.11. The zero-order valence-electron chi connectivity index (χ0n) is 15.2. The number of hydrogen-bond acceptors (Lipinski definition) is 3. The molecule has 0 aliphatic carbocycles. The summed E-state index contributed by atoms with van der Waals surface area (Å²) >= 11 is 1.81. The summed E-state index contributed by atoms with van der Waals surface area (Å²) in [6, 6.07) is 14.2. The van der Waals surface area contributed by atoms with E-state index in [0.29, 0.717) is 25.5 Å². The predicted molar refractivity (Wildman–Crippen MR) is 120 cm³/mol. The van der Waals surface area contributed by atoms with E-state index < -0.39 is 0 Å². The molecule has 3 N–H and O–H groups in total. The van der Waals surface area contributed by atoms with Crippen molar-refractivity contribution in [3.8, 4) is 0 Å². The van der Waals surface area contributed by atoms with Crippen molar-refractivity contribution in [2.24, 2.45) is 4.99 Å². The van der Waals surface area contributed by atoms with Crippen LogP contribution in [-0.2, 0) is 24.3 Å². The van der Waals surface area contributed by atoms with Gasteiger partial charge in [0.25, 0.3) is 0 Å². The van der Waals surface area contributed by atoms with Crippen molar-refractivity contribution in [1.29, 1.82) is 0 Å². The van der Waals surface area contributed by atoms with Crippen LogP contribution in [0.1, 0.15) is 28.7 Å². The van der Waals surface area contributed by atoms with Gasteiger partial charge in [0, 0.05) is 36.3 Å². The van der Waals surface area contributed by atoms with Crippen LogP contribution in [0.2, 0.25) is 0 Å². The Labute approximate surface area is 176 Å². The lowest BCUT2D eigenvalue weighted by atomic mass is 10.2. The molecule has 0 radical (unpaired) electrons. The van der Waals surface area contributed by atoms with Gasteiger partial charge in [-0.2, -0.15) is 0 Å². The number of carbonyl (C=O) groups excluding carboxylic acids is 1. The summed E-state index contributed by atoms with van der Waals surface area (Å²) in [7, 11) is 1.73. The molecule has 0 fully saturated rings. The van der Waals surface area contributed by atoms with Crippen molar-refractivity contribution in [1.82, 2.24) is 16.0 Å². The van der Waals surface area contributed by atoms with Crippen molar-refractivity contribution in [2.75, 3.05) is 13.6 Å². The Morgan fingerprint density at radius 2 is 1.73 bits per heavy atom. The van der Waals surface area contributed by atoms with Crippen LogP contribution in [-0.4, -0.2) is 25.5 Å². The van der Waals surface area contributed by atoms with E-state index in [1.807, 2.05) is 41.7 Å². The van der Waals surface area contributed by atoms with Crippen LogP contribution in [0, 0.1) is 0 Å². The smallest absolute Gasteiger partial charge is 0.222 e. The van der Waals surface area contributed by atoms with Crippen molar-refractivity contribution in [2.45, 2.75) is 32.9 Å². The summed E-state index contributed by atoms with van der Waals surface area (Å²) in [6.45, 7) is 4.01. The minimum Gasteiger partial charge on any atom is -0.356 e. The SMILES string of the molecule is CCc1ccc(CNC(=NC)NCCC(=O)NCc2ccccc2)s1.I. The molecule has 0 saturated heterocycles. The molecule has 0 aliphatic heterocycles. The largest absolute Gasteiger partial charge is 0.356 e. The number of nitrogens with zero attached hydrogens (tertiary/aromatic N) is 1. The molecule has 0 atom stereocenters. The van der Waals surface area contributed by atoms with Crippen LogP contribution in [0.5, 0.6) is 0 Å². The molecule has 2 rings (SSSR count). The highest BCUT2D eigenvalue weighted by Gasteiger charge is 2.04. The van der Waals surface area contributed by atoms with Crippen molar-refractivity contribution < 1.29 is 4.79 Å². The number of guanidine groups is 1. The third-order valence-electron chi connectivity index (χ3n) is 3.70. The van der Waals surface area contributed by atoms with E-state index in [4.69, 9.17) is 0 Å². The topological polar surface area (TPSA) is 65.5 Å². The summed E-state index contributed by atoms with van der Waals surface area (Å²) in [4.78, 5) is 18.7. The lowest BCUT2D eigenvalue weighted by molar-refractivity contribution is -0.121. The van der Waals surface area contributed by atoms with Gasteiger partial charge in [0.05, 0.1) is 6.54 Å². The fourth-order valence-corrected chi connectivity index (χ4v) is 3.18. The Morgan fingerprint density at radius 3 is 2.38 bits per heavy atom. The first-order valence-electron chi connectivity index (χ1n) is 8.54. The summed E-state index contributed by atoms with van der Waals surface area (Å²) < 4.78 is 0. The van der Waals surface area contributed by atoms with Gasteiger partial charge in [-0.25, -0.2) is 0 Å². The Hall–Kier alpha value is -1.61. The number of carbonyl (C=O) groups is 1. The minimum atomic E-state index is 0. The summed E-state index contributed by atoms with van der Waals surface area (Å²) in [6.07, 6.45) is 1.47. The fraction of sp³-hybridized carbons (Fsp3) is 0.368. The van der Waals surface area contributed by atoms with E-state index >= 15 is 0 Å². The Morgan fingerprint density at radius 1 is 1.00 bits per heavy atom. The quantitative estimate of drug-likeness (QED) is 0.305. The maximum absolute atomic E-state index is 11.9. The van der Waals surface area contributed by atoms with Gasteiger partial charge >= 0.3 is 0 Å². The number of rotatable bonds is 8. The van der Waals surface area contributed by atoms with E-state index in [2.05, 4.69) is 40.0 Å². The Kier molecular flexibility index (Phi) is 11.0. The Bertz CT molecular complexity index is 688. The second kappa shape index (κ2) is 12.7. The van der Waals surface area contributed by atoms with Crippen LogP contribution in [0.4, 0.5) is 0 Å². The van der Waals surface area contributed by atoms with Crippen LogP contribution >= 0.6 is 35.3 Å². The van der Waals surface area contributed by atoms with Gasteiger partial charge in [-0.3, -0.25) is 9.79 Å². The van der Waals surface area contributed by atoms with Gasteiger partial charge in [-0.15, -0.1) is 35.3 Å². The minimum absolute atomic E-state index is 0. The zero-order chi connectivity index (χ0) is 17.9. The third kappa shape index (κ3) is 8.18. The van der Waals surface area contributed by atoms with E-state index in [-0.39, 0.29) is 29.9 Å². The number of nitrogens with one attached hydrogen (secondary N) is 3. The van der Waals surface area contributed by atoms with E-state index in [9.17, 15) is 4.79 Å².